The number of rotatable bonds is 9. The van der Waals surface area contributed by atoms with Crippen LogP contribution in [0, 0.1) is 0 Å². The highest BCUT2D eigenvalue weighted by Gasteiger charge is 2.13. The van der Waals surface area contributed by atoms with E-state index in [1.807, 2.05) is 12.1 Å². The van der Waals surface area contributed by atoms with Crippen LogP contribution in [0.3, 0.4) is 0 Å². The summed E-state index contributed by atoms with van der Waals surface area (Å²) >= 11 is 0. The van der Waals surface area contributed by atoms with Gasteiger partial charge in [-0.25, -0.2) is 0 Å². The summed E-state index contributed by atoms with van der Waals surface area (Å²) in [5.74, 6) is 1.92. The number of benzene rings is 1. The van der Waals surface area contributed by atoms with Crippen molar-refractivity contribution in [3.8, 4) is 11.6 Å². The Morgan fingerprint density at radius 2 is 2.00 bits per heavy atom. The molecule has 4 aromatic rings. The smallest absolute Gasteiger partial charge is 0.259 e. The van der Waals surface area contributed by atoms with Crippen molar-refractivity contribution in [3.05, 3.63) is 48.2 Å². The van der Waals surface area contributed by atoms with Crippen LogP contribution in [-0.2, 0) is 11.2 Å². The maximum atomic E-state index is 6.01. The van der Waals surface area contributed by atoms with E-state index >= 15 is 0 Å². The van der Waals surface area contributed by atoms with Crippen LogP contribution in [0.2, 0.25) is 0 Å². The van der Waals surface area contributed by atoms with Gasteiger partial charge in [-0.05, 0) is 42.7 Å². The van der Waals surface area contributed by atoms with Crippen molar-refractivity contribution < 1.29 is 9.15 Å². The van der Waals surface area contributed by atoms with Crippen molar-refractivity contribution in [1.29, 1.82) is 0 Å². The van der Waals surface area contributed by atoms with Gasteiger partial charge in [0.1, 0.15) is 6.23 Å². The SMILES string of the molecule is CCC(Nc1ccc(CCNc2nc(N)n3nc(-c4ccco4)nc3n2)cc1)OC. The van der Waals surface area contributed by atoms with Gasteiger partial charge in [-0.15, -0.1) is 5.10 Å². The quantitative estimate of drug-likeness (QED) is 0.358. The number of fused-ring (bicyclic) bond motifs is 1. The lowest BCUT2D eigenvalue weighted by Crippen LogP contribution is -2.20. The molecule has 0 amide bonds. The van der Waals surface area contributed by atoms with Gasteiger partial charge < -0.3 is 25.5 Å². The molecule has 0 radical (unpaired) electrons. The standard InChI is InChI=1S/C20H24N8O2/c1-3-16(29-2)23-14-8-6-13(7-9-14)10-11-22-19-25-18(21)28-20(26-19)24-17(27-28)15-5-4-12-30-15/h4-9,12,16,23H,3,10-11H2,1-2H3,(H3,21,22,24,25,26,27). The fourth-order valence-corrected chi connectivity index (χ4v) is 2.99. The van der Waals surface area contributed by atoms with E-state index in [9.17, 15) is 0 Å². The van der Waals surface area contributed by atoms with Gasteiger partial charge in [-0.2, -0.15) is 19.5 Å². The lowest BCUT2D eigenvalue weighted by Gasteiger charge is -2.16. The Bertz CT molecular complexity index is 1090. The van der Waals surface area contributed by atoms with Gasteiger partial charge in [0.2, 0.25) is 17.7 Å². The topological polar surface area (TPSA) is 128 Å². The third-order valence-corrected chi connectivity index (χ3v) is 4.61. The van der Waals surface area contributed by atoms with Crippen LogP contribution in [0.15, 0.2) is 47.1 Å². The molecule has 0 saturated heterocycles. The number of ether oxygens (including phenoxy) is 1. The van der Waals surface area contributed by atoms with E-state index in [-0.39, 0.29) is 12.2 Å². The second kappa shape index (κ2) is 8.78. The van der Waals surface area contributed by atoms with Gasteiger partial charge in [-0.1, -0.05) is 19.1 Å². The number of aromatic nitrogens is 5. The van der Waals surface area contributed by atoms with Crippen molar-refractivity contribution in [2.75, 3.05) is 30.0 Å². The van der Waals surface area contributed by atoms with E-state index in [0.717, 1.165) is 18.5 Å². The normalized spacial score (nSPS) is 12.2. The Morgan fingerprint density at radius 1 is 1.17 bits per heavy atom. The van der Waals surface area contributed by atoms with Crippen molar-refractivity contribution in [3.63, 3.8) is 0 Å². The number of nitrogens with one attached hydrogen (secondary N) is 2. The molecule has 10 heteroatoms. The molecule has 1 unspecified atom stereocenters. The van der Waals surface area contributed by atoms with E-state index < -0.39 is 0 Å². The second-order valence-corrected chi connectivity index (χ2v) is 6.68. The summed E-state index contributed by atoms with van der Waals surface area (Å²) in [6, 6.07) is 11.8. The first-order valence-electron chi connectivity index (χ1n) is 9.72. The number of hydrogen-bond acceptors (Lipinski definition) is 9. The summed E-state index contributed by atoms with van der Waals surface area (Å²) in [5, 5.41) is 10.8. The van der Waals surface area contributed by atoms with Crippen molar-refractivity contribution in [2.45, 2.75) is 26.0 Å². The van der Waals surface area contributed by atoms with Crippen LogP contribution in [0.5, 0.6) is 0 Å². The molecule has 30 heavy (non-hydrogen) atoms. The molecule has 10 nitrogen and oxygen atoms in total. The van der Waals surface area contributed by atoms with Gasteiger partial charge >= 0.3 is 0 Å². The van der Waals surface area contributed by atoms with Gasteiger partial charge in [-0.3, -0.25) is 0 Å². The van der Waals surface area contributed by atoms with Crippen molar-refractivity contribution in [1.82, 2.24) is 24.6 Å². The van der Waals surface area contributed by atoms with Gasteiger partial charge in [0.25, 0.3) is 5.78 Å². The number of nitrogen functional groups attached to an aromatic ring is 1. The Labute approximate surface area is 173 Å². The summed E-state index contributed by atoms with van der Waals surface area (Å²) in [7, 11) is 1.70. The van der Waals surface area contributed by atoms with E-state index in [4.69, 9.17) is 14.9 Å². The highest BCUT2D eigenvalue weighted by Crippen LogP contribution is 2.18. The summed E-state index contributed by atoms with van der Waals surface area (Å²) in [6.45, 7) is 2.72. The fourth-order valence-electron chi connectivity index (χ4n) is 2.99. The summed E-state index contributed by atoms with van der Waals surface area (Å²) in [5.41, 5.74) is 8.23. The minimum Gasteiger partial charge on any atom is -0.461 e. The zero-order valence-electron chi connectivity index (χ0n) is 16.9. The Kier molecular flexibility index (Phi) is 5.75. The van der Waals surface area contributed by atoms with Gasteiger partial charge in [0, 0.05) is 19.3 Å². The van der Waals surface area contributed by atoms with Crippen LogP contribution < -0.4 is 16.4 Å². The molecule has 4 N–H and O–H groups in total. The third kappa shape index (κ3) is 4.33. The fraction of sp³-hybridized carbons (Fsp3) is 0.300. The van der Waals surface area contributed by atoms with E-state index in [1.165, 1.54) is 10.1 Å². The van der Waals surface area contributed by atoms with Crippen LogP contribution in [0.4, 0.5) is 17.6 Å². The second-order valence-electron chi connectivity index (χ2n) is 6.68. The molecule has 4 rings (SSSR count). The first kappa shape index (κ1) is 19.6. The molecule has 0 aliphatic heterocycles. The molecule has 3 heterocycles. The zero-order valence-corrected chi connectivity index (χ0v) is 16.9. The number of anilines is 3. The van der Waals surface area contributed by atoms with Gasteiger partial charge in [0.15, 0.2) is 5.76 Å². The lowest BCUT2D eigenvalue weighted by atomic mass is 10.1. The van der Waals surface area contributed by atoms with Crippen LogP contribution >= 0.6 is 0 Å². The van der Waals surface area contributed by atoms with Crippen LogP contribution in [0.1, 0.15) is 18.9 Å². The first-order valence-corrected chi connectivity index (χ1v) is 9.72. The highest BCUT2D eigenvalue weighted by atomic mass is 16.5. The third-order valence-electron chi connectivity index (χ3n) is 4.61. The maximum Gasteiger partial charge on any atom is 0.259 e. The molecular weight excluding hydrogens is 384 g/mol. The lowest BCUT2D eigenvalue weighted by molar-refractivity contribution is 0.122. The minimum atomic E-state index is 0.0143. The number of furan rings is 1. The Morgan fingerprint density at radius 3 is 2.70 bits per heavy atom. The molecule has 0 bridgehead atoms. The Hall–Kier alpha value is -3.66. The first-order chi connectivity index (χ1) is 14.7. The number of nitrogens with two attached hydrogens (primary N) is 1. The summed E-state index contributed by atoms with van der Waals surface area (Å²) < 4.78 is 12.1. The van der Waals surface area contributed by atoms with Crippen molar-refractivity contribution >= 4 is 23.4 Å². The average Bonchev–Trinajstić information content (AvgIpc) is 3.43. The largest absolute Gasteiger partial charge is 0.461 e. The zero-order chi connectivity index (χ0) is 20.9. The van der Waals surface area contributed by atoms with E-state index in [0.29, 0.717) is 29.9 Å². The molecule has 0 aliphatic rings. The molecule has 0 aliphatic carbocycles. The molecule has 3 aromatic heterocycles. The van der Waals surface area contributed by atoms with Crippen LogP contribution in [-0.4, -0.2) is 44.4 Å². The molecular formula is C20H24N8O2. The minimum absolute atomic E-state index is 0.0143. The van der Waals surface area contributed by atoms with Crippen molar-refractivity contribution in [2.24, 2.45) is 0 Å². The summed E-state index contributed by atoms with van der Waals surface area (Å²) in [4.78, 5) is 13.0. The molecule has 156 valence electrons. The average molecular weight is 408 g/mol. The predicted molar refractivity (Wildman–Crippen MR) is 114 cm³/mol. The number of hydrogen-bond donors (Lipinski definition) is 3. The molecule has 0 fully saturated rings. The van der Waals surface area contributed by atoms with Crippen LogP contribution in [0.25, 0.3) is 17.4 Å². The highest BCUT2D eigenvalue weighted by molar-refractivity contribution is 5.52. The van der Waals surface area contributed by atoms with E-state index in [1.54, 1.807) is 25.5 Å². The maximum absolute atomic E-state index is 6.01. The number of nitrogens with zero attached hydrogens (tertiary/aromatic N) is 5. The summed E-state index contributed by atoms with van der Waals surface area (Å²) in [6.07, 6.45) is 3.27. The molecule has 1 atom stereocenters. The Balaban J connectivity index is 1.38. The van der Waals surface area contributed by atoms with Gasteiger partial charge in [0.05, 0.1) is 6.26 Å². The monoisotopic (exact) mass is 408 g/mol. The molecule has 0 spiro atoms. The number of methoxy groups -OCH3 is 1. The molecule has 0 saturated carbocycles. The van der Waals surface area contributed by atoms with E-state index in [2.05, 4.69) is 49.7 Å². The molecule has 1 aromatic carbocycles. The predicted octanol–water partition coefficient (Wildman–Crippen LogP) is 2.81.